The monoisotopic (exact) mass is 307 g/mol. The van der Waals surface area contributed by atoms with Crippen LogP contribution >= 0.6 is 23.2 Å². The summed E-state index contributed by atoms with van der Waals surface area (Å²) in [6, 6.07) is 1.60. The van der Waals surface area contributed by atoms with Crippen LogP contribution in [-0.2, 0) is 14.3 Å². The Balaban J connectivity index is 2.82. The third-order valence-electron chi connectivity index (χ3n) is 2.42. The molecule has 106 valence electrons. The van der Waals surface area contributed by atoms with Crippen LogP contribution in [0.15, 0.2) is 6.07 Å². The van der Waals surface area contributed by atoms with Gasteiger partial charge in [-0.05, 0) is 0 Å². The van der Waals surface area contributed by atoms with Gasteiger partial charge in [-0.15, -0.1) is 10.2 Å². The second-order valence-corrected chi connectivity index (χ2v) is 4.39. The standard InChI is InChI=1S/C11H15Cl2N3O3/c1-18-6-5-16(4-3-10(17)19-2)8-7-9(12)14-15-11(8)13/h7H,3-6H2,1-2H3. The largest absolute Gasteiger partial charge is 0.469 e. The van der Waals surface area contributed by atoms with Crippen molar-refractivity contribution in [2.45, 2.75) is 6.42 Å². The van der Waals surface area contributed by atoms with Crippen LogP contribution in [0.5, 0.6) is 0 Å². The van der Waals surface area contributed by atoms with Crippen LogP contribution in [0.2, 0.25) is 10.3 Å². The van der Waals surface area contributed by atoms with Gasteiger partial charge in [0.05, 0.1) is 25.8 Å². The predicted molar refractivity (Wildman–Crippen MR) is 72.8 cm³/mol. The van der Waals surface area contributed by atoms with Crippen LogP contribution in [0, 0.1) is 0 Å². The Hall–Kier alpha value is -1.11. The molecule has 0 aliphatic carbocycles. The maximum Gasteiger partial charge on any atom is 0.307 e. The van der Waals surface area contributed by atoms with Crippen molar-refractivity contribution in [1.29, 1.82) is 0 Å². The van der Waals surface area contributed by atoms with Crippen LogP contribution < -0.4 is 4.90 Å². The molecule has 0 unspecified atom stereocenters. The van der Waals surface area contributed by atoms with Crippen LogP contribution in [0.25, 0.3) is 0 Å². The number of hydrogen-bond acceptors (Lipinski definition) is 6. The molecule has 0 fully saturated rings. The molecule has 0 radical (unpaired) electrons. The first-order chi connectivity index (χ1) is 9.08. The number of ether oxygens (including phenoxy) is 2. The average Bonchev–Trinajstić information content (AvgIpc) is 2.41. The predicted octanol–water partition coefficient (Wildman–Crippen LogP) is 1.80. The summed E-state index contributed by atoms with van der Waals surface area (Å²) in [6.45, 7) is 1.46. The Morgan fingerprint density at radius 3 is 2.68 bits per heavy atom. The van der Waals surface area contributed by atoms with E-state index in [9.17, 15) is 4.79 Å². The zero-order valence-electron chi connectivity index (χ0n) is 10.7. The zero-order chi connectivity index (χ0) is 14.3. The van der Waals surface area contributed by atoms with E-state index in [1.807, 2.05) is 4.90 Å². The highest BCUT2D eigenvalue weighted by molar-refractivity contribution is 6.33. The second-order valence-electron chi connectivity index (χ2n) is 3.65. The first kappa shape index (κ1) is 15.9. The van der Waals surface area contributed by atoms with Crippen LogP contribution in [0.1, 0.15) is 6.42 Å². The maximum atomic E-state index is 11.2. The summed E-state index contributed by atoms with van der Waals surface area (Å²) < 4.78 is 9.64. The minimum absolute atomic E-state index is 0.227. The summed E-state index contributed by atoms with van der Waals surface area (Å²) in [7, 11) is 2.94. The van der Waals surface area contributed by atoms with E-state index >= 15 is 0 Å². The van der Waals surface area contributed by atoms with Crippen molar-refractivity contribution in [3.8, 4) is 0 Å². The highest BCUT2D eigenvalue weighted by atomic mass is 35.5. The summed E-state index contributed by atoms with van der Waals surface area (Å²) in [6.07, 6.45) is 0.233. The second kappa shape index (κ2) is 8.14. The van der Waals surface area contributed by atoms with Gasteiger partial charge in [0, 0.05) is 26.3 Å². The lowest BCUT2D eigenvalue weighted by Gasteiger charge is -2.24. The molecule has 8 heteroatoms. The molecule has 1 aromatic rings. The molecular weight excluding hydrogens is 293 g/mol. The van der Waals surface area contributed by atoms with Gasteiger partial charge in [0.15, 0.2) is 10.3 Å². The van der Waals surface area contributed by atoms with Gasteiger partial charge in [-0.25, -0.2) is 0 Å². The number of methoxy groups -OCH3 is 2. The maximum absolute atomic E-state index is 11.2. The zero-order valence-corrected chi connectivity index (χ0v) is 12.2. The van der Waals surface area contributed by atoms with E-state index in [0.717, 1.165) is 0 Å². The van der Waals surface area contributed by atoms with Gasteiger partial charge >= 0.3 is 5.97 Å². The molecule has 0 aromatic carbocycles. The van der Waals surface area contributed by atoms with Crippen molar-refractivity contribution in [3.05, 3.63) is 16.4 Å². The Bertz CT molecular complexity index is 432. The molecule has 0 atom stereocenters. The Labute approximate surface area is 121 Å². The third-order valence-corrected chi connectivity index (χ3v) is 2.87. The molecule has 0 saturated carbocycles. The van der Waals surface area contributed by atoms with Crippen molar-refractivity contribution >= 4 is 34.9 Å². The molecule has 0 N–H and O–H groups in total. The molecule has 6 nitrogen and oxygen atoms in total. The van der Waals surface area contributed by atoms with E-state index in [4.69, 9.17) is 27.9 Å². The van der Waals surface area contributed by atoms with Crippen LogP contribution in [0.4, 0.5) is 5.69 Å². The normalized spacial score (nSPS) is 10.3. The quantitative estimate of drug-likeness (QED) is 0.716. The number of hydrogen-bond donors (Lipinski definition) is 0. The number of carbonyl (C=O) groups excluding carboxylic acids is 1. The molecule has 0 bridgehead atoms. The van der Waals surface area contributed by atoms with Crippen molar-refractivity contribution in [3.63, 3.8) is 0 Å². The van der Waals surface area contributed by atoms with Gasteiger partial charge in [0.25, 0.3) is 0 Å². The smallest absolute Gasteiger partial charge is 0.307 e. The summed E-state index contributed by atoms with van der Waals surface area (Å²) >= 11 is 11.8. The number of esters is 1. The number of halogens is 2. The lowest BCUT2D eigenvalue weighted by atomic mass is 10.3. The lowest BCUT2D eigenvalue weighted by molar-refractivity contribution is -0.140. The molecule has 19 heavy (non-hydrogen) atoms. The Kier molecular flexibility index (Phi) is 6.83. The van der Waals surface area contributed by atoms with Crippen molar-refractivity contribution in [2.24, 2.45) is 0 Å². The minimum atomic E-state index is -0.299. The molecular formula is C11H15Cl2N3O3. The van der Waals surface area contributed by atoms with Crippen LogP contribution in [-0.4, -0.2) is 50.1 Å². The summed E-state index contributed by atoms with van der Waals surface area (Å²) in [5, 5.41) is 7.85. The van der Waals surface area contributed by atoms with E-state index in [-0.39, 0.29) is 22.7 Å². The van der Waals surface area contributed by atoms with Gasteiger partial charge in [-0.3, -0.25) is 4.79 Å². The van der Waals surface area contributed by atoms with Crippen molar-refractivity contribution in [1.82, 2.24) is 10.2 Å². The summed E-state index contributed by atoms with van der Waals surface area (Å²) in [5.41, 5.74) is 0.614. The first-order valence-electron chi connectivity index (χ1n) is 5.58. The van der Waals surface area contributed by atoms with Gasteiger partial charge in [0.1, 0.15) is 0 Å². The minimum Gasteiger partial charge on any atom is -0.469 e. The number of anilines is 1. The lowest BCUT2D eigenvalue weighted by Crippen LogP contribution is -2.30. The third kappa shape index (κ3) is 5.18. The SMILES string of the molecule is COCCN(CCC(=O)OC)c1cc(Cl)nnc1Cl. The molecule has 1 heterocycles. The number of nitrogens with zero attached hydrogens (tertiary/aromatic N) is 3. The Morgan fingerprint density at radius 1 is 1.32 bits per heavy atom. The molecule has 1 rings (SSSR count). The molecule has 0 aliphatic rings. The fraction of sp³-hybridized carbons (Fsp3) is 0.545. The molecule has 0 aliphatic heterocycles. The van der Waals surface area contributed by atoms with Gasteiger partial charge in [-0.2, -0.15) is 0 Å². The molecule has 0 amide bonds. The highest BCUT2D eigenvalue weighted by Crippen LogP contribution is 2.25. The number of aromatic nitrogens is 2. The highest BCUT2D eigenvalue weighted by Gasteiger charge is 2.14. The summed E-state index contributed by atoms with van der Waals surface area (Å²) in [5.74, 6) is -0.299. The molecule has 0 saturated heterocycles. The summed E-state index contributed by atoms with van der Waals surface area (Å²) in [4.78, 5) is 13.1. The van der Waals surface area contributed by atoms with E-state index in [2.05, 4.69) is 14.9 Å². The fourth-order valence-electron chi connectivity index (χ4n) is 1.45. The van der Waals surface area contributed by atoms with E-state index < -0.39 is 0 Å². The van der Waals surface area contributed by atoms with Gasteiger partial charge in [-0.1, -0.05) is 23.2 Å². The number of rotatable bonds is 7. The van der Waals surface area contributed by atoms with Crippen molar-refractivity contribution < 1.29 is 14.3 Å². The van der Waals surface area contributed by atoms with Gasteiger partial charge < -0.3 is 14.4 Å². The van der Waals surface area contributed by atoms with E-state index in [1.165, 1.54) is 7.11 Å². The van der Waals surface area contributed by atoms with Crippen molar-refractivity contribution in [2.75, 3.05) is 38.8 Å². The molecule has 0 spiro atoms. The van der Waals surface area contributed by atoms with Crippen LogP contribution in [0.3, 0.4) is 0 Å². The number of carbonyl (C=O) groups is 1. The average molecular weight is 308 g/mol. The fourth-order valence-corrected chi connectivity index (χ4v) is 1.80. The van der Waals surface area contributed by atoms with E-state index in [0.29, 0.717) is 25.4 Å². The van der Waals surface area contributed by atoms with Gasteiger partial charge in [0.2, 0.25) is 0 Å². The first-order valence-corrected chi connectivity index (χ1v) is 6.33. The van der Waals surface area contributed by atoms with E-state index in [1.54, 1.807) is 13.2 Å². The molecule has 1 aromatic heterocycles. The Morgan fingerprint density at radius 2 is 2.05 bits per heavy atom. The topological polar surface area (TPSA) is 64.5 Å².